The zero-order valence-corrected chi connectivity index (χ0v) is 13.3. The van der Waals surface area contributed by atoms with E-state index in [0.29, 0.717) is 16.5 Å². The molecular weight excluding hydrogens is 314 g/mol. The van der Waals surface area contributed by atoms with E-state index in [0.717, 1.165) is 12.8 Å². The average Bonchev–Trinajstić information content (AvgIpc) is 3.27. The number of nitrogens with zero attached hydrogens (tertiary/aromatic N) is 1. The van der Waals surface area contributed by atoms with E-state index in [4.69, 9.17) is 20.1 Å². The van der Waals surface area contributed by atoms with Gasteiger partial charge in [-0.2, -0.15) is 9.27 Å². The summed E-state index contributed by atoms with van der Waals surface area (Å²) < 4.78 is 22.3. The second kappa shape index (κ2) is 5.35. The van der Waals surface area contributed by atoms with Crippen LogP contribution in [0.4, 0.5) is 0 Å². The van der Waals surface area contributed by atoms with Crippen molar-refractivity contribution in [1.29, 1.82) is 0 Å². The minimum absolute atomic E-state index is 0.114. The van der Waals surface area contributed by atoms with E-state index in [1.807, 2.05) is 6.92 Å². The first-order chi connectivity index (χ1) is 9.91. The second-order valence-electron chi connectivity index (χ2n) is 5.61. The van der Waals surface area contributed by atoms with Gasteiger partial charge < -0.3 is 0 Å². The van der Waals surface area contributed by atoms with E-state index >= 15 is 0 Å². The molecule has 0 N–H and O–H groups in total. The Labute approximate surface area is 131 Å². The zero-order valence-electron chi connectivity index (χ0n) is 11.7. The molecule has 0 spiro atoms. The summed E-state index contributed by atoms with van der Waals surface area (Å²) in [5.74, 6) is 0.0577. The van der Waals surface area contributed by atoms with Crippen LogP contribution >= 0.6 is 11.6 Å². The molecule has 1 saturated carbocycles. The number of amides is 1. The number of benzene rings is 1. The molecule has 1 heterocycles. The van der Waals surface area contributed by atoms with Gasteiger partial charge in [-0.1, -0.05) is 23.7 Å². The van der Waals surface area contributed by atoms with E-state index < -0.39 is 17.0 Å². The van der Waals surface area contributed by atoms with Crippen molar-refractivity contribution in [3.8, 4) is 0 Å². The summed E-state index contributed by atoms with van der Waals surface area (Å²) in [6.07, 6.45) is 2.11. The highest BCUT2D eigenvalue weighted by atomic mass is 35.5. The Hall–Kier alpha value is -0.950. The van der Waals surface area contributed by atoms with Gasteiger partial charge in [0.05, 0.1) is 6.04 Å². The minimum Gasteiger partial charge on any atom is -0.269 e. The third-order valence-electron chi connectivity index (χ3n) is 4.05. The van der Waals surface area contributed by atoms with Crippen LogP contribution in [0.2, 0.25) is 5.02 Å². The van der Waals surface area contributed by atoms with E-state index in [1.165, 1.54) is 5.06 Å². The van der Waals surface area contributed by atoms with Gasteiger partial charge in [-0.25, -0.2) is 4.18 Å². The number of carbonyl (C=O) groups excluding carboxylic acids is 1. The highest BCUT2D eigenvalue weighted by molar-refractivity contribution is 7.75. The van der Waals surface area contributed by atoms with Crippen LogP contribution in [-0.4, -0.2) is 21.2 Å². The molecule has 0 bridgehead atoms. The molecule has 5 nitrogen and oxygen atoms in total. The number of hydroxylamine groups is 2. The summed E-state index contributed by atoms with van der Waals surface area (Å²) in [5, 5.41) is 1.78. The molecule has 3 unspecified atom stereocenters. The molecule has 7 heteroatoms. The average molecular weight is 330 g/mol. The Kier molecular flexibility index (Phi) is 3.81. The van der Waals surface area contributed by atoms with Gasteiger partial charge in [-0.05, 0) is 50.3 Å². The van der Waals surface area contributed by atoms with Crippen LogP contribution in [0.3, 0.4) is 0 Å². The second-order valence-corrected chi connectivity index (χ2v) is 6.77. The Morgan fingerprint density at radius 1 is 1.38 bits per heavy atom. The monoisotopic (exact) mass is 329 g/mol. The lowest BCUT2D eigenvalue weighted by atomic mass is 9.94. The zero-order chi connectivity index (χ0) is 15.2. The molecule has 3 rings (SSSR count). The molecule has 0 radical (unpaired) electrons. The molecule has 21 heavy (non-hydrogen) atoms. The van der Waals surface area contributed by atoms with Crippen LogP contribution in [0.15, 0.2) is 24.3 Å². The van der Waals surface area contributed by atoms with E-state index in [1.54, 1.807) is 31.2 Å². The maximum Gasteiger partial charge on any atom is 0.329 e. The molecular formula is C14H16ClNO4S. The molecule has 1 saturated heterocycles. The molecule has 1 aromatic carbocycles. The third kappa shape index (κ3) is 2.73. The first-order valence-electron chi connectivity index (χ1n) is 6.81. The lowest BCUT2D eigenvalue weighted by Crippen LogP contribution is -2.55. The largest absolute Gasteiger partial charge is 0.329 e. The number of hydrogen-bond donors (Lipinski definition) is 0. The van der Waals surface area contributed by atoms with Crippen LogP contribution < -0.4 is 0 Å². The molecule has 114 valence electrons. The van der Waals surface area contributed by atoms with Gasteiger partial charge in [-0.3, -0.25) is 4.79 Å². The van der Waals surface area contributed by atoms with Gasteiger partial charge in [0.15, 0.2) is 5.60 Å². The fraction of sp³-hybridized carbons (Fsp3) is 0.500. The topological polar surface area (TPSA) is 55.8 Å². The SMILES string of the molecule is CC(C1CC1)N1OS(=O)OC(C)(c2ccc(Cl)cc2)C1=O. The Balaban J connectivity index is 1.94. The fourth-order valence-electron chi connectivity index (χ4n) is 2.46. The van der Waals surface area contributed by atoms with Gasteiger partial charge in [0.25, 0.3) is 5.91 Å². The Bertz CT molecular complexity index is 589. The van der Waals surface area contributed by atoms with Crippen molar-refractivity contribution < 1.29 is 17.5 Å². The number of halogens is 1. The fourth-order valence-corrected chi connectivity index (χ4v) is 3.39. The van der Waals surface area contributed by atoms with Crippen LogP contribution in [0.25, 0.3) is 0 Å². The van der Waals surface area contributed by atoms with Crippen LogP contribution in [0.5, 0.6) is 0 Å². The standard InChI is InChI=1S/C14H16ClNO4S/c1-9(10-3-4-10)16-13(17)14(2,19-21(18)20-16)11-5-7-12(15)8-6-11/h5-10H,3-4H2,1-2H3. The minimum atomic E-state index is -2.00. The van der Waals surface area contributed by atoms with Crippen molar-refractivity contribution in [3.05, 3.63) is 34.9 Å². The first-order valence-corrected chi connectivity index (χ1v) is 8.19. The van der Waals surface area contributed by atoms with Crippen LogP contribution in [0, 0.1) is 5.92 Å². The van der Waals surface area contributed by atoms with E-state index in [2.05, 4.69) is 0 Å². The maximum atomic E-state index is 12.8. The summed E-state index contributed by atoms with van der Waals surface area (Å²) >= 11 is 3.87. The van der Waals surface area contributed by atoms with Crippen molar-refractivity contribution in [1.82, 2.24) is 5.06 Å². The summed E-state index contributed by atoms with van der Waals surface area (Å²) in [5.41, 5.74) is -0.738. The molecule has 2 aliphatic rings. The molecule has 1 aliphatic heterocycles. The van der Waals surface area contributed by atoms with Crippen LogP contribution in [0.1, 0.15) is 32.3 Å². The number of rotatable bonds is 3. The highest BCUT2D eigenvalue weighted by Gasteiger charge is 2.51. The lowest BCUT2D eigenvalue weighted by molar-refractivity contribution is -0.196. The van der Waals surface area contributed by atoms with E-state index in [-0.39, 0.29) is 11.9 Å². The molecule has 0 aromatic heterocycles. The van der Waals surface area contributed by atoms with Gasteiger partial charge in [-0.15, -0.1) is 4.28 Å². The van der Waals surface area contributed by atoms with Gasteiger partial charge in [0.2, 0.25) is 0 Å². The smallest absolute Gasteiger partial charge is 0.269 e. The lowest BCUT2D eigenvalue weighted by Gasteiger charge is -2.39. The van der Waals surface area contributed by atoms with Crippen molar-refractivity contribution >= 4 is 28.9 Å². The molecule has 1 aromatic rings. The highest BCUT2D eigenvalue weighted by Crippen LogP contribution is 2.40. The quantitative estimate of drug-likeness (QED) is 0.855. The normalized spacial score (nSPS) is 31.3. The molecule has 2 fully saturated rings. The van der Waals surface area contributed by atoms with Crippen molar-refractivity contribution in [2.75, 3.05) is 0 Å². The van der Waals surface area contributed by atoms with Gasteiger partial charge >= 0.3 is 11.4 Å². The molecule has 1 aliphatic carbocycles. The number of hydrogen-bond acceptors (Lipinski definition) is 4. The molecule has 3 atom stereocenters. The van der Waals surface area contributed by atoms with Crippen LogP contribution in [-0.2, 0) is 30.2 Å². The maximum absolute atomic E-state index is 12.8. The van der Waals surface area contributed by atoms with Crippen molar-refractivity contribution in [2.24, 2.45) is 5.92 Å². The third-order valence-corrected chi connectivity index (χ3v) is 5.06. The number of carbonyl (C=O) groups is 1. The van der Waals surface area contributed by atoms with E-state index in [9.17, 15) is 9.00 Å². The summed E-state index contributed by atoms with van der Waals surface area (Å²) in [7, 11) is 0. The predicted molar refractivity (Wildman–Crippen MR) is 78.1 cm³/mol. The van der Waals surface area contributed by atoms with Crippen molar-refractivity contribution in [2.45, 2.75) is 38.3 Å². The van der Waals surface area contributed by atoms with Gasteiger partial charge in [0, 0.05) is 5.02 Å². The summed E-state index contributed by atoms with van der Waals surface area (Å²) in [4.78, 5) is 12.8. The first kappa shape index (κ1) is 15.0. The van der Waals surface area contributed by atoms with Crippen molar-refractivity contribution in [3.63, 3.8) is 0 Å². The summed E-state index contributed by atoms with van der Waals surface area (Å²) in [6.45, 7) is 3.51. The molecule has 1 amide bonds. The predicted octanol–water partition coefficient (Wildman–Crippen LogP) is 2.72. The summed E-state index contributed by atoms with van der Waals surface area (Å²) in [6, 6.07) is 6.63. The van der Waals surface area contributed by atoms with Gasteiger partial charge in [0.1, 0.15) is 0 Å². The Morgan fingerprint density at radius 2 is 2.00 bits per heavy atom. The Morgan fingerprint density at radius 3 is 2.57 bits per heavy atom.